The zero-order valence-corrected chi connectivity index (χ0v) is 12.6. The summed E-state index contributed by atoms with van der Waals surface area (Å²) in [6, 6.07) is 10.1. The fraction of sp³-hybridized carbons (Fsp3) is 0.235. The summed E-state index contributed by atoms with van der Waals surface area (Å²) >= 11 is 0. The molecular formula is C17H20N4. The lowest BCUT2D eigenvalue weighted by atomic mass is 10.1. The van der Waals surface area contributed by atoms with Crippen LogP contribution in [0.4, 0.5) is 11.4 Å². The van der Waals surface area contributed by atoms with Gasteiger partial charge in [-0.2, -0.15) is 0 Å². The molecule has 2 aromatic heterocycles. The number of aromatic nitrogens is 2. The number of anilines is 2. The molecule has 2 heterocycles. The summed E-state index contributed by atoms with van der Waals surface area (Å²) in [4.78, 5) is 4.64. The summed E-state index contributed by atoms with van der Waals surface area (Å²) in [5.41, 5.74) is 13.4. The van der Waals surface area contributed by atoms with Crippen LogP contribution in [0.15, 0.2) is 36.5 Å². The number of rotatable bonds is 3. The summed E-state index contributed by atoms with van der Waals surface area (Å²) in [5, 5.41) is 3.46. The van der Waals surface area contributed by atoms with E-state index < -0.39 is 0 Å². The van der Waals surface area contributed by atoms with E-state index in [9.17, 15) is 0 Å². The molecule has 3 aromatic rings. The molecule has 0 aliphatic rings. The largest absolute Gasteiger partial charge is 0.398 e. The maximum absolute atomic E-state index is 6.07. The van der Waals surface area contributed by atoms with Crippen molar-refractivity contribution < 1.29 is 0 Å². The third-order valence-electron chi connectivity index (χ3n) is 4.03. The van der Waals surface area contributed by atoms with Crippen molar-refractivity contribution in [2.24, 2.45) is 0 Å². The van der Waals surface area contributed by atoms with Crippen molar-refractivity contribution in [1.82, 2.24) is 9.38 Å². The van der Waals surface area contributed by atoms with Crippen LogP contribution in [0.1, 0.15) is 22.5 Å². The SMILES string of the molecule is Cc1cccc(N)c1CNc1cccn2c(C)c(C)nc12. The predicted octanol–water partition coefficient (Wildman–Crippen LogP) is 3.45. The van der Waals surface area contributed by atoms with E-state index >= 15 is 0 Å². The Morgan fingerprint density at radius 3 is 2.71 bits per heavy atom. The molecule has 0 amide bonds. The van der Waals surface area contributed by atoms with Crippen LogP contribution in [0, 0.1) is 20.8 Å². The number of imidazole rings is 1. The molecule has 0 atom stereocenters. The molecule has 0 radical (unpaired) electrons. The van der Waals surface area contributed by atoms with Crippen LogP contribution >= 0.6 is 0 Å². The number of benzene rings is 1. The van der Waals surface area contributed by atoms with Crippen LogP contribution in [-0.4, -0.2) is 9.38 Å². The van der Waals surface area contributed by atoms with Crippen LogP contribution in [0.2, 0.25) is 0 Å². The van der Waals surface area contributed by atoms with Crippen molar-refractivity contribution in [3.05, 3.63) is 59.0 Å². The van der Waals surface area contributed by atoms with E-state index in [1.165, 1.54) is 11.3 Å². The summed E-state index contributed by atoms with van der Waals surface area (Å²) in [6.07, 6.45) is 2.04. The maximum atomic E-state index is 6.07. The summed E-state index contributed by atoms with van der Waals surface area (Å²) < 4.78 is 2.11. The maximum Gasteiger partial charge on any atom is 0.160 e. The van der Waals surface area contributed by atoms with Crippen molar-refractivity contribution in [3.8, 4) is 0 Å². The van der Waals surface area contributed by atoms with E-state index in [0.717, 1.165) is 28.3 Å². The van der Waals surface area contributed by atoms with Gasteiger partial charge in [0.15, 0.2) is 5.65 Å². The highest BCUT2D eigenvalue weighted by atomic mass is 15.0. The fourth-order valence-corrected chi connectivity index (χ4v) is 2.59. The Labute approximate surface area is 124 Å². The number of nitrogen functional groups attached to an aromatic ring is 1. The van der Waals surface area contributed by atoms with Gasteiger partial charge < -0.3 is 15.5 Å². The van der Waals surface area contributed by atoms with E-state index in [4.69, 9.17) is 5.73 Å². The third-order valence-corrected chi connectivity index (χ3v) is 4.03. The monoisotopic (exact) mass is 280 g/mol. The topological polar surface area (TPSA) is 55.3 Å². The average molecular weight is 280 g/mol. The van der Waals surface area contributed by atoms with E-state index in [-0.39, 0.29) is 0 Å². The molecule has 21 heavy (non-hydrogen) atoms. The number of nitrogens with one attached hydrogen (secondary N) is 1. The van der Waals surface area contributed by atoms with Crippen LogP contribution in [0.3, 0.4) is 0 Å². The molecular weight excluding hydrogens is 260 g/mol. The molecule has 0 spiro atoms. The Morgan fingerprint density at radius 1 is 1.14 bits per heavy atom. The second-order valence-electron chi connectivity index (χ2n) is 5.39. The van der Waals surface area contributed by atoms with Crippen LogP contribution in [0.25, 0.3) is 5.65 Å². The van der Waals surface area contributed by atoms with E-state index in [0.29, 0.717) is 6.54 Å². The Balaban J connectivity index is 1.94. The lowest BCUT2D eigenvalue weighted by Gasteiger charge is -2.12. The minimum absolute atomic E-state index is 0.698. The number of nitrogens with two attached hydrogens (primary N) is 1. The normalized spacial score (nSPS) is 11.0. The second-order valence-corrected chi connectivity index (χ2v) is 5.39. The number of aryl methyl sites for hydroxylation is 3. The Kier molecular flexibility index (Phi) is 3.29. The molecule has 1 aromatic carbocycles. The first-order valence-electron chi connectivity index (χ1n) is 7.10. The van der Waals surface area contributed by atoms with Crippen LogP contribution in [-0.2, 0) is 6.54 Å². The first kappa shape index (κ1) is 13.5. The quantitative estimate of drug-likeness (QED) is 0.722. The highest BCUT2D eigenvalue weighted by Crippen LogP contribution is 2.22. The van der Waals surface area contributed by atoms with Gasteiger partial charge in [-0.3, -0.25) is 0 Å². The highest BCUT2D eigenvalue weighted by molar-refractivity contribution is 5.69. The molecule has 108 valence electrons. The molecule has 0 saturated heterocycles. The average Bonchev–Trinajstić information content (AvgIpc) is 2.75. The van der Waals surface area contributed by atoms with Crippen molar-refractivity contribution in [1.29, 1.82) is 0 Å². The van der Waals surface area contributed by atoms with Gasteiger partial charge >= 0.3 is 0 Å². The number of hydrogen-bond donors (Lipinski definition) is 2. The van der Waals surface area contributed by atoms with Gasteiger partial charge in [0.25, 0.3) is 0 Å². The van der Waals surface area contributed by atoms with Gasteiger partial charge in [-0.25, -0.2) is 4.98 Å². The molecule has 0 unspecified atom stereocenters. The summed E-state index contributed by atoms with van der Waals surface area (Å²) in [6.45, 7) is 6.89. The summed E-state index contributed by atoms with van der Waals surface area (Å²) in [5.74, 6) is 0. The molecule has 4 nitrogen and oxygen atoms in total. The third kappa shape index (κ3) is 2.33. The van der Waals surface area contributed by atoms with Gasteiger partial charge in [0.2, 0.25) is 0 Å². The Morgan fingerprint density at radius 2 is 1.95 bits per heavy atom. The van der Waals surface area contributed by atoms with Crippen molar-refractivity contribution in [3.63, 3.8) is 0 Å². The standard InChI is InChI=1S/C17H20N4/c1-11-6-4-7-15(18)14(11)10-19-16-8-5-9-21-13(3)12(2)20-17(16)21/h4-9,19H,10,18H2,1-3H3. The van der Waals surface area contributed by atoms with Gasteiger partial charge in [0, 0.05) is 24.1 Å². The van der Waals surface area contributed by atoms with Crippen LogP contribution in [0.5, 0.6) is 0 Å². The van der Waals surface area contributed by atoms with Gasteiger partial charge in [0.1, 0.15) is 0 Å². The minimum atomic E-state index is 0.698. The molecule has 4 heteroatoms. The van der Waals surface area contributed by atoms with E-state index in [1.807, 2.05) is 31.3 Å². The second kappa shape index (κ2) is 5.13. The summed E-state index contributed by atoms with van der Waals surface area (Å²) in [7, 11) is 0. The van der Waals surface area contributed by atoms with E-state index in [2.05, 4.69) is 40.7 Å². The molecule has 3 N–H and O–H groups in total. The zero-order valence-electron chi connectivity index (χ0n) is 12.6. The number of fused-ring (bicyclic) bond motifs is 1. The van der Waals surface area contributed by atoms with Crippen molar-refractivity contribution in [2.45, 2.75) is 27.3 Å². The molecule has 3 rings (SSSR count). The van der Waals surface area contributed by atoms with Gasteiger partial charge in [-0.1, -0.05) is 12.1 Å². The van der Waals surface area contributed by atoms with Gasteiger partial charge in [-0.15, -0.1) is 0 Å². The number of pyridine rings is 1. The number of nitrogens with zero attached hydrogens (tertiary/aromatic N) is 2. The fourth-order valence-electron chi connectivity index (χ4n) is 2.59. The predicted molar refractivity (Wildman–Crippen MR) is 87.6 cm³/mol. The highest BCUT2D eigenvalue weighted by Gasteiger charge is 2.09. The zero-order chi connectivity index (χ0) is 15.0. The Bertz CT molecular complexity index is 782. The van der Waals surface area contributed by atoms with Crippen LogP contribution < -0.4 is 11.1 Å². The molecule has 0 aliphatic heterocycles. The molecule has 0 saturated carbocycles. The van der Waals surface area contributed by atoms with Crippen molar-refractivity contribution >= 4 is 17.0 Å². The smallest absolute Gasteiger partial charge is 0.160 e. The lowest BCUT2D eigenvalue weighted by Crippen LogP contribution is -2.06. The molecule has 0 fully saturated rings. The first-order valence-corrected chi connectivity index (χ1v) is 7.10. The first-order chi connectivity index (χ1) is 10.1. The van der Waals surface area contributed by atoms with Gasteiger partial charge in [-0.05, 0) is 50.1 Å². The molecule has 0 aliphatic carbocycles. The minimum Gasteiger partial charge on any atom is -0.398 e. The van der Waals surface area contributed by atoms with Gasteiger partial charge in [0.05, 0.1) is 11.4 Å². The number of hydrogen-bond acceptors (Lipinski definition) is 3. The van der Waals surface area contributed by atoms with E-state index in [1.54, 1.807) is 0 Å². The van der Waals surface area contributed by atoms with Crippen molar-refractivity contribution in [2.75, 3.05) is 11.1 Å². The Hall–Kier alpha value is -2.49. The lowest BCUT2D eigenvalue weighted by molar-refractivity contribution is 1.08. The molecule has 0 bridgehead atoms.